The molecule has 3 aromatic heterocycles. The van der Waals surface area contributed by atoms with Crippen LogP contribution in [0.2, 0.25) is 0 Å². The molecular formula is C50H61FN4O5. The third-order valence-electron chi connectivity index (χ3n) is 12.6. The van der Waals surface area contributed by atoms with Crippen LogP contribution in [0.3, 0.4) is 0 Å². The van der Waals surface area contributed by atoms with E-state index in [9.17, 15) is 19.1 Å². The molecule has 0 atom stereocenters. The fourth-order valence-electron chi connectivity index (χ4n) is 9.32. The second-order valence-corrected chi connectivity index (χ2v) is 16.8. The van der Waals surface area contributed by atoms with Gasteiger partial charge in [0.15, 0.2) is 0 Å². The minimum atomic E-state index is -1.04. The van der Waals surface area contributed by atoms with Crippen LogP contribution in [0.5, 0.6) is 0 Å². The van der Waals surface area contributed by atoms with Crippen molar-refractivity contribution in [1.82, 2.24) is 18.9 Å². The average Bonchev–Trinajstić information content (AvgIpc) is 3.98. The van der Waals surface area contributed by atoms with Crippen molar-refractivity contribution < 1.29 is 28.6 Å². The molecule has 60 heavy (non-hydrogen) atoms. The normalized spacial score (nSPS) is 15.7. The molecule has 0 unspecified atom stereocenters. The van der Waals surface area contributed by atoms with E-state index in [1.165, 1.54) is 65.6 Å². The third kappa shape index (κ3) is 10.6. The van der Waals surface area contributed by atoms with Gasteiger partial charge in [0.05, 0.1) is 17.6 Å². The van der Waals surface area contributed by atoms with Crippen molar-refractivity contribution in [3.8, 4) is 0 Å². The number of aromatic nitrogens is 2. The van der Waals surface area contributed by atoms with Crippen molar-refractivity contribution in [2.24, 2.45) is 0 Å². The molecule has 2 aliphatic heterocycles. The fourth-order valence-corrected chi connectivity index (χ4v) is 9.32. The van der Waals surface area contributed by atoms with Crippen LogP contribution in [0.4, 0.5) is 4.39 Å². The number of furan rings is 1. The second kappa shape index (κ2) is 20.4. The Bertz CT molecular complexity index is 2340. The molecule has 0 radical (unpaired) electrons. The van der Waals surface area contributed by atoms with Crippen LogP contribution in [0.15, 0.2) is 95.7 Å². The van der Waals surface area contributed by atoms with E-state index in [1.807, 2.05) is 18.2 Å². The Morgan fingerprint density at radius 2 is 1.25 bits per heavy atom. The lowest BCUT2D eigenvalue weighted by atomic mass is 9.89. The van der Waals surface area contributed by atoms with E-state index in [0.717, 1.165) is 89.0 Å². The number of hydrogen-bond acceptors (Lipinski definition) is 5. The van der Waals surface area contributed by atoms with Crippen LogP contribution < -0.4 is 0 Å². The summed E-state index contributed by atoms with van der Waals surface area (Å²) in [7, 11) is 0. The Balaban J connectivity index is 0.000000181. The number of para-hydroxylation sites is 1. The van der Waals surface area contributed by atoms with Gasteiger partial charge in [-0.2, -0.15) is 0 Å². The number of fused-ring (bicyclic) bond motifs is 2. The maximum Gasteiger partial charge on any atom is 0.371 e. The standard InChI is InChI=1S/C26H32N2O2.C24H29FN2O3/c1-2-3-6-14-28-19-24(23-10-4-5-11-25(23)28)21-12-15-27(16-13-21)18-20-8-7-9-22(17-20)26(29)30;1-2-3-4-11-27-16-21(20-7-5-18(25)14-22(20)27)17-9-12-26(13-10-17)15-19-6-8-23(30-19)24(28)29/h4-5,7-11,17,19,21H,2-3,6,12-16,18H2,1H3,(H,29,30);5-8,14,16-17H,2-4,9-13,15H2,1H3,(H,28,29). The molecule has 0 aliphatic carbocycles. The highest BCUT2D eigenvalue weighted by atomic mass is 19.1. The molecule has 2 saturated heterocycles. The van der Waals surface area contributed by atoms with Gasteiger partial charge in [-0.25, -0.2) is 14.0 Å². The first-order valence-electron chi connectivity index (χ1n) is 22.2. The molecule has 0 saturated carbocycles. The van der Waals surface area contributed by atoms with Gasteiger partial charge in [-0.15, -0.1) is 0 Å². The van der Waals surface area contributed by atoms with Crippen molar-refractivity contribution in [2.45, 2.75) is 116 Å². The van der Waals surface area contributed by atoms with Gasteiger partial charge in [-0.05, 0) is 142 Å². The molecule has 318 valence electrons. The number of rotatable bonds is 16. The average molecular weight is 817 g/mol. The van der Waals surface area contributed by atoms with Crippen LogP contribution in [0.25, 0.3) is 21.8 Å². The largest absolute Gasteiger partial charge is 0.478 e. The summed E-state index contributed by atoms with van der Waals surface area (Å²) in [5.74, 6) is -0.343. The predicted octanol–water partition coefficient (Wildman–Crippen LogP) is 11.6. The SMILES string of the molecule is CCCCCn1cc(C2CCN(Cc3ccc(C(=O)O)o3)CC2)c2ccc(F)cc21.CCCCCn1cc(C2CCN(Cc3cccc(C(=O)O)c3)CC2)c2ccccc21. The molecule has 6 aromatic rings. The summed E-state index contributed by atoms with van der Waals surface area (Å²) >= 11 is 0. The number of unbranched alkanes of at least 4 members (excludes halogenated alkanes) is 4. The lowest BCUT2D eigenvalue weighted by molar-refractivity contribution is 0.0655. The Labute approximate surface area is 353 Å². The maximum atomic E-state index is 13.9. The molecule has 10 heteroatoms. The number of carboxylic acids is 2. The number of likely N-dealkylation sites (tertiary alicyclic amines) is 2. The fraction of sp³-hybridized carbons (Fsp3) is 0.440. The summed E-state index contributed by atoms with van der Waals surface area (Å²) < 4.78 is 24.0. The number of aromatic carboxylic acids is 2. The number of halogens is 1. The molecule has 0 spiro atoms. The molecule has 8 rings (SSSR count). The summed E-state index contributed by atoms with van der Waals surface area (Å²) in [6.45, 7) is 11.9. The van der Waals surface area contributed by atoms with E-state index in [-0.39, 0.29) is 11.6 Å². The molecule has 2 N–H and O–H groups in total. The third-order valence-corrected chi connectivity index (χ3v) is 12.6. The lowest BCUT2D eigenvalue weighted by Crippen LogP contribution is -2.32. The maximum absolute atomic E-state index is 13.9. The summed E-state index contributed by atoms with van der Waals surface area (Å²) in [5, 5.41) is 20.8. The summed E-state index contributed by atoms with van der Waals surface area (Å²) in [6, 6.07) is 24.6. The number of aryl methyl sites for hydroxylation is 2. The number of hydrogen-bond donors (Lipinski definition) is 2. The molecule has 0 bridgehead atoms. The van der Waals surface area contributed by atoms with Crippen LogP contribution in [-0.4, -0.2) is 67.3 Å². The van der Waals surface area contributed by atoms with Crippen LogP contribution >= 0.6 is 0 Å². The second-order valence-electron chi connectivity index (χ2n) is 16.8. The van der Waals surface area contributed by atoms with Crippen LogP contribution in [-0.2, 0) is 26.2 Å². The Morgan fingerprint density at radius 3 is 1.85 bits per heavy atom. The lowest BCUT2D eigenvalue weighted by Gasteiger charge is -2.32. The van der Waals surface area contributed by atoms with Gasteiger partial charge in [0.2, 0.25) is 5.76 Å². The van der Waals surface area contributed by atoms with E-state index >= 15 is 0 Å². The minimum Gasteiger partial charge on any atom is -0.478 e. The van der Waals surface area contributed by atoms with E-state index in [1.54, 1.807) is 30.3 Å². The zero-order valence-electron chi connectivity index (χ0n) is 35.3. The molecule has 2 aliphatic rings. The van der Waals surface area contributed by atoms with Crippen molar-refractivity contribution >= 4 is 33.7 Å². The van der Waals surface area contributed by atoms with Crippen molar-refractivity contribution in [3.05, 3.63) is 131 Å². The number of piperidine rings is 2. The smallest absolute Gasteiger partial charge is 0.371 e. The van der Waals surface area contributed by atoms with E-state index in [2.05, 4.69) is 69.4 Å². The van der Waals surface area contributed by atoms with Gasteiger partial charge in [0.1, 0.15) is 11.6 Å². The predicted molar refractivity (Wildman–Crippen MR) is 236 cm³/mol. The number of carboxylic acid groups (broad SMARTS) is 2. The van der Waals surface area contributed by atoms with E-state index < -0.39 is 11.9 Å². The molecule has 2 fully saturated rings. The highest BCUT2D eigenvalue weighted by Crippen LogP contribution is 2.37. The quantitative estimate of drug-likeness (QED) is 0.0937. The Morgan fingerprint density at radius 1 is 0.650 bits per heavy atom. The van der Waals surface area contributed by atoms with Gasteiger partial charge < -0.3 is 23.8 Å². The number of carbonyl (C=O) groups is 2. The number of benzene rings is 3. The summed E-state index contributed by atoms with van der Waals surface area (Å²) in [5.41, 5.74) is 6.66. The Hall–Kier alpha value is -5.19. The molecule has 3 aromatic carbocycles. The van der Waals surface area contributed by atoms with Crippen LogP contribution in [0.1, 0.15) is 133 Å². The van der Waals surface area contributed by atoms with E-state index in [0.29, 0.717) is 29.7 Å². The Kier molecular flexibility index (Phi) is 14.6. The van der Waals surface area contributed by atoms with Gasteiger partial charge in [-0.3, -0.25) is 9.80 Å². The molecule has 0 amide bonds. The van der Waals surface area contributed by atoms with Crippen LogP contribution in [0, 0.1) is 5.82 Å². The minimum absolute atomic E-state index is 0.0111. The van der Waals surface area contributed by atoms with E-state index in [4.69, 9.17) is 9.52 Å². The molecular weight excluding hydrogens is 756 g/mol. The number of nitrogens with zero attached hydrogens (tertiary/aromatic N) is 4. The highest BCUT2D eigenvalue weighted by Gasteiger charge is 2.26. The molecule has 5 heterocycles. The first-order valence-corrected chi connectivity index (χ1v) is 22.2. The zero-order valence-corrected chi connectivity index (χ0v) is 35.3. The van der Waals surface area contributed by atoms with Crippen molar-refractivity contribution in [3.63, 3.8) is 0 Å². The summed E-state index contributed by atoms with van der Waals surface area (Å²) in [6.07, 6.45) is 16.2. The van der Waals surface area contributed by atoms with Gasteiger partial charge >= 0.3 is 11.9 Å². The van der Waals surface area contributed by atoms with Gasteiger partial charge in [0.25, 0.3) is 0 Å². The first kappa shape index (κ1) is 42.9. The molecule has 9 nitrogen and oxygen atoms in total. The summed E-state index contributed by atoms with van der Waals surface area (Å²) in [4.78, 5) is 27.0. The van der Waals surface area contributed by atoms with Gasteiger partial charge in [-0.1, -0.05) is 69.9 Å². The zero-order chi connectivity index (χ0) is 42.0. The van der Waals surface area contributed by atoms with Crippen molar-refractivity contribution in [1.29, 1.82) is 0 Å². The van der Waals surface area contributed by atoms with Gasteiger partial charge in [0, 0.05) is 48.3 Å². The highest BCUT2D eigenvalue weighted by molar-refractivity contribution is 5.88. The van der Waals surface area contributed by atoms with Crippen molar-refractivity contribution in [2.75, 3.05) is 26.2 Å². The monoisotopic (exact) mass is 816 g/mol. The first-order chi connectivity index (χ1) is 29.2. The topological polar surface area (TPSA) is 104 Å².